The Kier molecular flexibility index (Phi) is 5.91. The van der Waals surface area contributed by atoms with Crippen molar-refractivity contribution in [2.75, 3.05) is 5.32 Å². The average Bonchev–Trinajstić information content (AvgIpc) is 3.13. The van der Waals surface area contributed by atoms with Crippen LogP contribution in [0.5, 0.6) is 0 Å². The van der Waals surface area contributed by atoms with Gasteiger partial charge in [0.15, 0.2) is 5.76 Å². The lowest BCUT2D eigenvalue weighted by molar-refractivity contribution is 0.0925. The number of hydrazone groups is 1. The van der Waals surface area contributed by atoms with Crippen molar-refractivity contribution in [3.8, 4) is 0 Å². The van der Waals surface area contributed by atoms with Gasteiger partial charge in [0.1, 0.15) is 5.76 Å². The number of carbonyl (C=O) groups excluding carboxylic acids is 2. The molecule has 0 aliphatic heterocycles. The molecule has 0 saturated heterocycles. The van der Waals surface area contributed by atoms with Crippen LogP contribution < -0.4 is 10.7 Å². The number of amides is 2. The smallest absolute Gasteiger partial charge is 0.307 e. The highest BCUT2D eigenvalue weighted by Gasteiger charge is 2.10. The average molecular weight is 396 g/mol. The number of anilines is 1. The van der Waals surface area contributed by atoms with E-state index >= 15 is 0 Å². The molecule has 3 aromatic rings. The molecule has 0 unspecified atom stereocenters. The summed E-state index contributed by atoms with van der Waals surface area (Å²) in [5, 5.41) is 7.49. The molecule has 3 rings (SSSR count). The molecule has 0 fully saturated rings. The van der Waals surface area contributed by atoms with Crippen LogP contribution in [-0.4, -0.2) is 17.5 Å². The molecule has 0 bridgehead atoms. The van der Waals surface area contributed by atoms with E-state index < -0.39 is 5.91 Å². The molecule has 1 heterocycles. The summed E-state index contributed by atoms with van der Waals surface area (Å²) in [6.07, 6.45) is 0. The fraction of sp³-hybridized carbons (Fsp3) is 0.0952. The Bertz CT molecular complexity index is 1040. The quantitative estimate of drug-likeness (QED) is 0.487. The van der Waals surface area contributed by atoms with E-state index in [1.54, 1.807) is 68.4 Å². The van der Waals surface area contributed by atoms with Crippen LogP contribution in [0.15, 0.2) is 70.2 Å². The second kappa shape index (κ2) is 8.54. The molecule has 142 valence electrons. The Morgan fingerprint density at radius 3 is 2.39 bits per heavy atom. The van der Waals surface area contributed by atoms with Crippen LogP contribution in [-0.2, 0) is 0 Å². The maximum absolute atomic E-state index is 12.3. The molecule has 2 aromatic carbocycles. The normalized spacial score (nSPS) is 11.2. The van der Waals surface area contributed by atoms with Crippen molar-refractivity contribution in [1.82, 2.24) is 5.43 Å². The van der Waals surface area contributed by atoms with Gasteiger partial charge in [0.25, 0.3) is 5.91 Å². The van der Waals surface area contributed by atoms with Crippen LogP contribution >= 0.6 is 11.6 Å². The molecule has 0 aliphatic carbocycles. The van der Waals surface area contributed by atoms with Gasteiger partial charge in [0.05, 0.1) is 5.71 Å². The number of aryl methyl sites for hydroxylation is 1. The monoisotopic (exact) mass is 395 g/mol. The van der Waals surface area contributed by atoms with Gasteiger partial charge < -0.3 is 9.73 Å². The van der Waals surface area contributed by atoms with E-state index in [2.05, 4.69) is 15.8 Å². The SMILES string of the molecule is CC(=NNC(=O)c1ccc(C)o1)c1cccc(NC(=O)c2ccc(Cl)cc2)c1. The Morgan fingerprint density at radius 2 is 1.71 bits per heavy atom. The summed E-state index contributed by atoms with van der Waals surface area (Å²) in [6, 6.07) is 17.1. The molecule has 0 spiro atoms. The van der Waals surface area contributed by atoms with Gasteiger partial charge >= 0.3 is 5.91 Å². The van der Waals surface area contributed by atoms with Gasteiger partial charge in [-0.15, -0.1) is 0 Å². The number of hydrogen-bond acceptors (Lipinski definition) is 4. The molecule has 0 atom stereocenters. The highest BCUT2D eigenvalue weighted by atomic mass is 35.5. The third-order valence-electron chi connectivity index (χ3n) is 3.93. The van der Waals surface area contributed by atoms with Crippen LogP contribution in [0.25, 0.3) is 0 Å². The third kappa shape index (κ3) is 4.86. The molecular formula is C21H18ClN3O3. The summed E-state index contributed by atoms with van der Waals surface area (Å²) in [5.74, 6) is 0.164. The van der Waals surface area contributed by atoms with Crippen molar-refractivity contribution < 1.29 is 14.0 Å². The van der Waals surface area contributed by atoms with Gasteiger partial charge in [0, 0.05) is 16.3 Å². The van der Waals surface area contributed by atoms with Gasteiger partial charge in [-0.05, 0) is 67.9 Å². The van der Waals surface area contributed by atoms with Crippen LogP contribution in [0.3, 0.4) is 0 Å². The summed E-state index contributed by atoms with van der Waals surface area (Å²) >= 11 is 5.84. The first-order chi connectivity index (χ1) is 13.4. The number of furan rings is 1. The largest absolute Gasteiger partial charge is 0.456 e. The zero-order valence-corrected chi connectivity index (χ0v) is 16.1. The molecule has 1 aromatic heterocycles. The van der Waals surface area contributed by atoms with Crippen molar-refractivity contribution in [3.05, 3.63) is 88.3 Å². The maximum atomic E-state index is 12.3. The summed E-state index contributed by atoms with van der Waals surface area (Å²) < 4.78 is 5.26. The van der Waals surface area contributed by atoms with Gasteiger partial charge in [0.2, 0.25) is 0 Å². The van der Waals surface area contributed by atoms with Crippen molar-refractivity contribution in [1.29, 1.82) is 0 Å². The number of halogens is 1. The predicted molar refractivity (Wildman–Crippen MR) is 109 cm³/mol. The zero-order valence-electron chi connectivity index (χ0n) is 15.3. The standard InChI is InChI=1S/C21H18ClN3O3/c1-13-6-11-19(28-13)21(27)25-24-14(2)16-4-3-5-18(12-16)23-20(26)15-7-9-17(22)10-8-15/h3-12H,1-2H3,(H,23,26)(H,25,27). The predicted octanol–water partition coefficient (Wildman–Crippen LogP) is 4.65. The minimum atomic E-state index is -0.431. The van der Waals surface area contributed by atoms with Crippen molar-refractivity contribution in [2.45, 2.75) is 13.8 Å². The molecule has 2 amide bonds. The molecule has 0 aliphatic rings. The Balaban J connectivity index is 1.68. The first-order valence-electron chi connectivity index (χ1n) is 8.51. The van der Waals surface area contributed by atoms with E-state index in [0.717, 1.165) is 5.56 Å². The van der Waals surface area contributed by atoms with Crippen LogP contribution in [0.2, 0.25) is 5.02 Å². The highest BCUT2D eigenvalue weighted by Crippen LogP contribution is 2.15. The Morgan fingerprint density at radius 1 is 0.964 bits per heavy atom. The lowest BCUT2D eigenvalue weighted by Crippen LogP contribution is -2.18. The lowest BCUT2D eigenvalue weighted by Gasteiger charge is -2.08. The molecule has 6 nitrogen and oxygen atoms in total. The number of hydrogen-bond donors (Lipinski definition) is 2. The Hall–Kier alpha value is -3.38. The number of nitrogens with zero attached hydrogens (tertiary/aromatic N) is 1. The molecular weight excluding hydrogens is 378 g/mol. The van der Waals surface area contributed by atoms with E-state index in [1.165, 1.54) is 0 Å². The summed E-state index contributed by atoms with van der Waals surface area (Å²) in [7, 11) is 0. The lowest BCUT2D eigenvalue weighted by atomic mass is 10.1. The van der Waals surface area contributed by atoms with E-state index in [1.807, 2.05) is 6.07 Å². The van der Waals surface area contributed by atoms with E-state index in [9.17, 15) is 9.59 Å². The minimum absolute atomic E-state index is 0.193. The highest BCUT2D eigenvalue weighted by molar-refractivity contribution is 6.30. The topological polar surface area (TPSA) is 83.7 Å². The van der Waals surface area contributed by atoms with E-state index in [4.69, 9.17) is 16.0 Å². The van der Waals surface area contributed by atoms with Crippen molar-refractivity contribution >= 4 is 34.8 Å². The fourth-order valence-electron chi connectivity index (χ4n) is 2.44. The summed E-state index contributed by atoms with van der Waals surface area (Å²) in [4.78, 5) is 24.3. The van der Waals surface area contributed by atoms with Gasteiger partial charge in [-0.3, -0.25) is 9.59 Å². The molecule has 7 heteroatoms. The van der Waals surface area contributed by atoms with E-state index in [-0.39, 0.29) is 11.7 Å². The number of carbonyl (C=O) groups is 2. The minimum Gasteiger partial charge on any atom is -0.456 e. The second-order valence-electron chi connectivity index (χ2n) is 6.09. The van der Waals surface area contributed by atoms with Gasteiger partial charge in [-0.1, -0.05) is 23.7 Å². The van der Waals surface area contributed by atoms with Crippen LogP contribution in [0.4, 0.5) is 5.69 Å². The van der Waals surface area contributed by atoms with Gasteiger partial charge in [-0.25, -0.2) is 5.43 Å². The van der Waals surface area contributed by atoms with E-state index in [0.29, 0.717) is 27.7 Å². The zero-order chi connectivity index (χ0) is 20.1. The molecule has 28 heavy (non-hydrogen) atoms. The summed E-state index contributed by atoms with van der Waals surface area (Å²) in [5.41, 5.74) is 4.91. The number of rotatable bonds is 5. The van der Waals surface area contributed by atoms with Crippen LogP contribution in [0, 0.1) is 6.92 Å². The first-order valence-corrected chi connectivity index (χ1v) is 8.88. The van der Waals surface area contributed by atoms with Crippen molar-refractivity contribution in [2.24, 2.45) is 5.10 Å². The van der Waals surface area contributed by atoms with Crippen molar-refractivity contribution in [3.63, 3.8) is 0 Å². The maximum Gasteiger partial charge on any atom is 0.307 e. The molecule has 2 N–H and O–H groups in total. The second-order valence-corrected chi connectivity index (χ2v) is 6.53. The number of nitrogens with one attached hydrogen (secondary N) is 2. The first kappa shape index (κ1) is 19.4. The fourth-order valence-corrected chi connectivity index (χ4v) is 2.56. The molecule has 0 saturated carbocycles. The van der Waals surface area contributed by atoms with Crippen LogP contribution in [0.1, 0.15) is 39.2 Å². The summed E-state index contributed by atoms with van der Waals surface area (Å²) in [6.45, 7) is 3.52. The van der Waals surface area contributed by atoms with Gasteiger partial charge in [-0.2, -0.15) is 5.10 Å². The third-order valence-corrected chi connectivity index (χ3v) is 4.19. The molecule has 0 radical (unpaired) electrons. The number of benzene rings is 2. The Labute approximate surface area is 167 Å².